The lowest BCUT2D eigenvalue weighted by Gasteiger charge is -2.13. The Balaban J connectivity index is 2.03. The minimum atomic E-state index is -1.53. The second kappa shape index (κ2) is 6.29. The molecule has 0 fully saturated rings. The topological polar surface area (TPSA) is 56.0 Å². The number of nitriles is 1. The van der Waals surface area contributed by atoms with Crippen molar-refractivity contribution < 1.29 is 18.3 Å². The monoisotopic (exact) mass is 292 g/mol. The average Bonchev–Trinajstić information content (AvgIpc) is 2.50. The molecule has 0 saturated heterocycles. The molecule has 1 atom stereocenters. The van der Waals surface area contributed by atoms with Crippen LogP contribution in [0.1, 0.15) is 17.2 Å². The number of aliphatic hydroxyl groups excluding tert-OH is 1. The maximum atomic E-state index is 13.0. The molecule has 0 aliphatic rings. The van der Waals surface area contributed by atoms with E-state index in [-0.39, 0.29) is 12.2 Å². The Hall–Kier alpha value is -2.52. The van der Waals surface area contributed by atoms with Gasteiger partial charge < -0.3 is 10.4 Å². The molecular formula is C15H11F3N2O. The smallest absolute Gasteiger partial charge is 0.194 e. The summed E-state index contributed by atoms with van der Waals surface area (Å²) in [5, 5.41) is 21.2. The summed E-state index contributed by atoms with van der Waals surface area (Å²) in [6, 6.07) is 9.83. The Bertz CT molecular complexity index is 657. The molecule has 21 heavy (non-hydrogen) atoms. The first-order chi connectivity index (χ1) is 10.0. The zero-order valence-corrected chi connectivity index (χ0v) is 10.8. The number of hydrogen-bond acceptors (Lipinski definition) is 3. The molecule has 1 unspecified atom stereocenters. The fraction of sp³-hybridized carbons (Fsp3) is 0.133. The van der Waals surface area contributed by atoms with Crippen molar-refractivity contribution >= 4 is 5.69 Å². The van der Waals surface area contributed by atoms with Crippen molar-refractivity contribution in [2.75, 3.05) is 11.9 Å². The first kappa shape index (κ1) is 14.9. The van der Waals surface area contributed by atoms with Crippen molar-refractivity contribution in [1.29, 1.82) is 5.26 Å². The maximum absolute atomic E-state index is 13.0. The number of halogens is 3. The van der Waals surface area contributed by atoms with Gasteiger partial charge in [0.25, 0.3) is 0 Å². The average molecular weight is 292 g/mol. The van der Waals surface area contributed by atoms with Crippen molar-refractivity contribution in [2.45, 2.75) is 6.10 Å². The lowest BCUT2D eigenvalue weighted by Crippen LogP contribution is -2.12. The standard InChI is InChI=1S/C15H11F3N2O/c16-12-5-11(6-13(17)15(12)18)20-8-14(21)10-3-1-9(7-19)2-4-10/h1-6,14,20-21H,8H2. The van der Waals surface area contributed by atoms with Gasteiger partial charge in [0, 0.05) is 24.4 Å². The van der Waals surface area contributed by atoms with Gasteiger partial charge >= 0.3 is 0 Å². The van der Waals surface area contributed by atoms with Gasteiger partial charge in [-0.15, -0.1) is 0 Å². The Labute approximate surface area is 119 Å². The van der Waals surface area contributed by atoms with E-state index in [1.807, 2.05) is 6.07 Å². The number of hydrogen-bond donors (Lipinski definition) is 2. The van der Waals surface area contributed by atoms with Crippen LogP contribution in [0.5, 0.6) is 0 Å². The molecule has 108 valence electrons. The van der Waals surface area contributed by atoms with Gasteiger partial charge in [0.1, 0.15) is 0 Å². The molecule has 0 bridgehead atoms. The fourth-order valence-corrected chi connectivity index (χ4v) is 1.77. The minimum Gasteiger partial charge on any atom is -0.387 e. The predicted molar refractivity (Wildman–Crippen MR) is 70.9 cm³/mol. The normalized spacial score (nSPS) is 11.8. The largest absolute Gasteiger partial charge is 0.387 e. The van der Waals surface area contributed by atoms with Gasteiger partial charge in [0.05, 0.1) is 17.7 Å². The molecule has 0 spiro atoms. The predicted octanol–water partition coefficient (Wildman–Crippen LogP) is 3.12. The molecule has 2 aromatic rings. The summed E-state index contributed by atoms with van der Waals surface area (Å²) in [7, 11) is 0. The molecule has 0 saturated carbocycles. The minimum absolute atomic E-state index is 0.0174. The van der Waals surface area contributed by atoms with E-state index in [1.165, 1.54) is 0 Å². The number of rotatable bonds is 4. The Morgan fingerprint density at radius 3 is 2.19 bits per heavy atom. The van der Waals surface area contributed by atoms with E-state index >= 15 is 0 Å². The van der Waals surface area contributed by atoms with E-state index < -0.39 is 23.6 Å². The summed E-state index contributed by atoms with van der Waals surface area (Å²) in [6.45, 7) is -0.0174. The van der Waals surface area contributed by atoms with Gasteiger partial charge in [-0.1, -0.05) is 12.1 Å². The van der Waals surface area contributed by atoms with Gasteiger partial charge in [0.2, 0.25) is 0 Å². The maximum Gasteiger partial charge on any atom is 0.194 e. The van der Waals surface area contributed by atoms with E-state index in [2.05, 4.69) is 5.32 Å². The molecule has 3 nitrogen and oxygen atoms in total. The second-order valence-electron chi connectivity index (χ2n) is 4.38. The number of nitrogens with one attached hydrogen (secondary N) is 1. The summed E-state index contributed by atoms with van der Waals surface area (Å²) >= 11 is 0. The third-order valence-electron chi connectivity index (χ3n) is 2.91. The van der Waals surface area contributed by atoms with E-state index in [0.717, 1.165) is 12.1 Å². The molecule has 2 N–H and O–H groups in total. The number of nitrogens with zero attached hydrogens (tertiary/aromatic N) is 1. The van der Waals surface area contributed by atoms with Crippen LogP contribution in [0.2, 0.25) is 0 Å². The van der Waals surface area contributed by atoms with Gasteiger partial charge in [-0.3, -0.25) is 0 Å². The van der Waals surface area contributed by atoms with E-state index in [4.69, 9.17) is 5.26 Å². The van der Waals surface area contributed by atoms with Gasteiger partial charge in [-0.2, -0.15) is 5.26 Å². The van der Waals surface area contributed by atoms with E-state index in [0.29, 0.717) is 11.1 Å². The number of anilines is 1. The molecule has 0 heterocycles. The van der Waals surface area contributed by atoms with Crippen LogP contribution >= 0.6 is 0 Å². The second-order valence-corrected chi connectivity index (χ2v) is 4.38. The summed E-state index contributed by atoms with van der Waals surface area (Å²) in [4.78, 5) is 0. The first-order valence-electron chi connectivity index (χ1n) is 6.08. The first-order valence-corrected chi connectivity index (χ1v) is 6.08. The third-order valence-corrected chi connectivity index (χ3v) is 2.91. The highest BCUT2D eigenvalue weighted by Crippen LogP contribution is 2.19. The Kier molecular flexibility index (Phi) is 4.45. The van der Waals surface area contributed by atoms with Gasteiger partial charge in [0.15, 0.2) is 17.5 Å². The van der Waals surface area contributed by atoms with Gasteiger partial charge in [-0.05, 0) is 17.7 Å². The molecule has 2 rings (SSSR count). The molecule has 0 aromatic heterocycles. The molecule has 6 heteroatoms. The molecular weight excluding hydrogens is 281 g/mol. The zero-order valence-electron chi connectivity index (χ0n) is 10.8. The number of benzene rings is 2. The molecule has 2 aromatic carbocycles. The summed E-state index contributed by atoms with van der Waals surface area (Å²) in [5.41, 5.74) is 1.03. The highest BCUT2D eigenvalue weighted by Gasteiger charge is 2.12. The molecule has 0 aliphatic heterocycles. The van der Waals surface area contributed by atoms with Crippen molar-refractivity contribution in [3.63, 3.8) is 0 Å². The van der Waals surface area contributed by atoms with Crippen LogP contribution in [0.25, 0.3) is 0 Å². The molecule has 0 radical (unpaired) electrons. The molecule has 0 aliphatic carbocycles. The SMILES string of the molecule is N#Cc1ccc(C(O)CNc2cc(F)c(F)c(F)c2)cc1. The summed E-state index contributed by atoms with van der Waals surface area (Å²) in [6.07, 6.45) is -0.936. The van der Waals surface area contributed by atoms with E-state index in [1.54, 1.807) is 24.3 Å². The van der Waals surface area contributed by atoms with Crippen LogP contribution < -0.4 is 5.32 Å². The van der Waals surface area contributed by atoms with E-state index in [9.17, 15) is 18.3 Å². The van der Waals surface area contributed by atoms with Crippen molar-refractivity contribution in [2.24, 2.45) is 0 Å². The Morgan fingerprint density at radius 1 is 1.10 bits per heavy atom. The lowest BCUT2D eigenvalue weighted by molar-refractivity contribution is 0.191. The fourth-order valence-electron chi connectivity index (χ4n) is 1.77. The highest BCUT2D eigenvalue weighted by atomic mass is 19.2. The van der Waals surface area contributed by atoms with Crippen LogP contribution in [0.4, 0.5) is 18.9 Å². The van der Waals surface area contributed by atoms with Crippen molar-refractivity contribution in [3.8, 4) is 6.07 Å². The van der Waals surface area contributed by atoms with Crippen molar-refractivity contribution in [1.82, 2.24) is 0 Å². The number of aliphatic hydroxyl groups is 1. The van der Waals surface area contributed by atoms with Crippen LogP contribution in [0.15, 0.2) is 36.4 Å². The van der Waals surface area contributed by atoms with Crippen LogP contribution in [-0.4, -0.2) is 11.7 Å². The lowest BCUT2D eigenvalue weighted by atomic mass is 10.1. The highest BCUT2D eigenvalue weighted by molar-refractivity contribution is 5.44. The van der Waals surface area contributed by atoms with Gasteiger partial charge in [-0.25, -0.2) is 13.2 Å². The van der Waals surface area contributed by atoms with Crippen LogP contribution in [0.3, 0.4) is 0 Å². The summed E-state index contributed by atoms with van der Waals surface area (Å²) < 4.78 is 38.8. The van der Waals surface area contributed by atoms with Crippen molar-refractivity contribution in [3.05, 3.63) is 65.0 Å². The van der Waals surface area contributed by atoms with Crippen LogP contribution in [0, 0.1) is 28.8 Å². The summed E-state index contributed by atoms with van der Waals surface area (Å²) in [5.74, 6) is -4.14. The zero-order chi connectivity index (χ0) is 15.4. The quantitative estimate of drug-likeness (QED) is 0.851. The Morgan fingerprint density at radius 2 is 1.67 bits per heavy atom. The molecule has 0 amide bonds. The third kappa shape index (κ3) is 3.52. The van der Waals surface area contributed by atoms with Crippen LogP contribution in [-0.2, 0) is 0 Å².